The Morgan fingerprint density at radius 2 is 2.00 bits per heavy atom. The van der Waals surface area contributed by atoms with E-state index < -0.39 is 11.5 Å². The van der Waals surface area contributed by atoms with Crippen LogP contribution in [0.3, 0.4) is 0 Å². The molecule has 0 spiro atoms. The average molecular weight is 479 g/mol. The Morgan fingerprint density at radius 1 is 1.39 bits per heavy atom. The van der Waals surface area contributed by atoms with Crippen LogP contribution in [0.25, 0.3) is 0 Å². The highest BCUT2D eigenvalue weighted by atomic mass is 127. The maximum Gasteiger partial charge on any atom is 0.324 e. The van der Waals surface area contributed by atoms with Crippen LogP contribution in [-0.2, 0) is 11.3 Å². The molecule has 2 atom stereocenters. The van der Waals surface area contributed by atoms with E-state index in [9.17, 15) is 9.90 Å². The molecule has 1 fully saturated rings. The van der Waals surface area contributed by atoms with E-state index in [-0.39, 0.29) is 34.3 Å². The second kappa shape index (κ2) is 11.4. The number of nitrogens with one attached hydrogen (secondary N) is 1. The fraction of sp³-hybridized carbons (Fsp3) is 0.533. The lowest BCUT2D eigenvalue weighted by Crippen LogP contribution is -2.60. The highest BCUT2D eigenvalue weighted by Gasteiger charge is 2.44. The molecule has 1 saturated heterocycles. The number of hydrogen-bond donors (Lipinski definition) is 2. The molecule has 0 aliphatic carbocycles. The minimum atomic E-state index is -0.756. The van der Waals surface area contributed by atoms with E-state index in [1.807, 2.05) is 25.1 Å². The number of rotatable bonds is 5. The number of carbonyl (C=O) groups is 1. The number of hydrogen-bond acceptors (Lipinski definition) is 3. The number of likely N-dealkylation sites (N-methyl/N-ethyl adjacent to an activating group) is 1. The normalized spacial score (nSPS) is 23.8. The molecule has 0 radical (unpaired) electrons. The fourth-order valence-corrected chi connectivity index (χ4v) is 3.99. The van der Waals surface area contributed by atoms with Crippen molar-refractivity contribution in [3.05, 3.63) is 35.9 Å². The second-order valence-corrected chi connectivity index (χ2v) is 6.70. The first-order chi connectivity index (χ1) is 9.57. The van der Waals surface area contributed by atoms with Crippen LogP contribution in [0.5, 0.6) is 0 Å². The number of piperidine rings is 1. The molecule has 1 aromatic rings. The van der Waals surface area contributed by atoms with Crippen molar-refractivity contribution in [2.75, 3.05) is 13.1 Å². The van der Waals surface area contributed by atoms with Crippen molar-refractivity contribution in [3.8, 4) is 0 Å². The first kappa shape index (κ1) is 25.1. The molecule has 4 N–H and O–H groups in total. The summed E-state index contributed by atoms with van der Waals surface area (Å²) in [6.07, 6.45) is 1.30. The third-order valence-electron chi connectivity index (χ3n) is 3.89. The molecule has 0 bridgehead atoms. The summed E-state index contributed by atoms with van der Waals surface area (Å²) in [5.74, 6) is -0.722. The van der Waals surface area contributed by atoms with Gasteiger partial charge in [-0.1, -0.05) is 59.8 Å². The minimum absolute atomic E-state index is 0. The Morgan fingerprint density at radius 3 is 2.48 bits per heavy atom. The topological polar surface area (TPSA) is 84.1 Å². The minimum Gasteiger partial charge on any atom is -0.480 e. The fourth-order valence-electron chi connectivity index (χ4n) is 2.76. The highest BCUT2D eigenvalue weighted by molar-refractivity contribution is 14.1. The van der Waals surface area contributed by atoms with Crippen LogP contribution in [-0.4, -0.2) is 44.1 Å². The molecule has 2 unspecified atom stereocenters. The maximum atomic E-state index is 11.6. The zero-order chi connectivity index (χ0) is 14.6. The number of halogens is 3. The molecule has 2 rings (SSSR count). The van der Waals surface area contributed by atoms with E-state index in [1.165, 1.54) is 5.56 Å². The predicted molar refractivity (Wildman–Crippen MR) is 106 cm³/mol. The Bertz CT molecular complexity index is 467. The van der Waals surface area contributed by atoms with E-state index in [0.29, 0.717) is 19.4 Å². The zero-order valence-electron chi connectivity index (χ0n) is 13.0. The van der Waals surface area contributed by atoms with E-state index in [0.717, 1.165) is 13.1 Å². The Labute approximate surface area is 163 Å². The van der Waals surface area contributed by atoms with Crippen molar-refractivity contribution < 1.29 is 15.4 Å². The van der Waals surface area contributed by atoms with Gasteiger partial charge in [0.05, 0.1) is 4.05 Å². The number of alkyl halides is 1. The molecule has 5 nitrogen and oxygen atoms in total. The van der Waals surface area contributed by atoms with Gasteiger partial charge in [0, 0.05) is 19.5 Å². The summed E-state index contributed by atoms with van der Waals surface area (Å²) >= 11 is 2.37. The van der Waals surface area contributed by atoms with Gasteiger partial charge in [-0.25, -0.2) is 0 Å². The summed E-state index contributed by atoms with van der Waals surface area (Å²) in [5.41, 5.74) is 0.522. The lowest BCUT2D eigenvalue weighted by atomic mass is 9.87. The summed E-state index contributed by atoms with van der Waals surface area (Å²) in [6, 6.07) is 10.3. The summed E-state index contributed by atoms with van der Waals surface area (Å²) in [5, 5.41) is 12.7. The SMILES string of the molecule is CCNC1(C(=O)O)CCN(Cc2ccccc2)C(I)C1.Cl.Cl.O. The Balaban J connectivity index is 0. The molecule has 8 heteroatoms. The van der Waals surface area contributed by atoms with Crippen LogP contribution in [0.1, 0.15) is 25.3 Å². The molecule has 0 aromatic heterocycles. The van der Waals surface area contributed by atoms with Gasteiger partial charge < -0.3 is 15.9 Å². The number of benzene rings is 1. The molecule has 1 aromatic carbocycles. The van der Waals surface area contributed by atoms with Crippen molar-refractivity contribution in [2.45, 2.75) is 35.9 Å². The third-order valence-corrected chi connectivity index (χ3v) is 5.12. The molecule has 1 heterocycles. The van der Waals surface area contributed by atoms with E-state index in [4.69, 9.17) is 0 Å². The first-order valence-corrected chi connectivity index (χ1v) is 8.22. The first-order valence-electron chi connectivity index (χ1n) is 6.98. The van der Waals surface area contributed by atoms with Crippen molar-refractivity contribution >= 4 is 53.4 Å². The summed E-state index contributed by atoms with van der Waals surface area (Å²) in [4.78, 5) is 13.9. The molecule has 1 aliphatic heterocycles. The number of carboxylic acid groups (broad SMARTS) is 1. The number of aliphatic carboxylic acids is 1. The van der Waals surface area contributed by atoms with Crippen LogP contribution in [0.15, 0.2) is 30.3 Å². The van der Waals surface area contributed by atoms with Gasteiger partial charge in [-0.3, -0.25) is 9.69 Å². The predicted octanol–water partition coefficient (Wildman–Crippen LogP) is 2.50. The smallest absolute Gasteiger partial charge is 0.324 e. The monoisotopic (exact) mass is 478 g/mol. The standard InChI is InChI=1S/C15H21IN2O2.2ClH.H2O/c1-2-17-15(14(19)20)8-9-18(13(16)10-15)11-12-6-4-3-5-7-12;;;/h3-7,13,17H,2,8-11H2,1H3,(H,19,20);2*1H;1H2. The van der Waals surface area contributed by atoms with Crippen LogP contribution >= 0.6 is 47.4 Å². The third kappa shape index (κ3) is 6.36. The van der Waals surface area contributed by atoms with Crippen LogP contribution in [0, 0.1) is 0 Å². The summed E-state index contributed by atoms with van der Waals surface area (Å²) in [6.45, 7) is 4.34. The van der Waals surface area contributed by atoms with Crippen molar-refractivity contribution in [2.24, 2.45) is 0 Å². The largest absolute Gasteiger partial charge is 0.480 e. The van der Waals surface area contributed by atoms with Crippen molar-refractivity contribution in [1.82, 2.24) is 10.2 Å². The second-order valence-electron chi connectivity index (χ2n) is 5.26. The van der Waals surface area contributed by atoms with Crippen LogP contribution in [0.4, 0.5) is 0 Å². The Kier molecular flexibility index (Phi) is 12.5. The van der Waals surface area contributed by atoms with Crippen LogP contribution in [0.2, 0.25) is 0 Å². The maximum absolute atomic E-state index is 11.6. The summed E-state index contributed by atoms with van der Waals surface area (Å²) < 4.78 is 0.233. The average Bonchev–Trinajstić information content (AvgIpc) is 2.43. The lowest BCUT2D eigenvalue weighted by Gasteiger charge is -2.42. The zero-order valence-corrected chi connectivity index (χ0v) is 16.8. The summed E-state index contributed by atoms with van der Waals surface area (Å²) in [7, 11) is 0. The van der Waals surface area contributed by atoms with Gasteiger partial charge >= 0.3 is 5.97 Å². The van der Waals surface area contributed by atoms with Gasteiger partial charge in [-0.05, 0) is 18.5 Å². The highest BCUT2D eigenvalue weighted by Crippen LogP contribution is 2.31. The number of likely N-dealkylation sites (tertiary alicyclic amines) is 1. The van der Waals surface area contributed by atoms with E-state index >= 15 is 0 Å². The van der Waals surface area contributed by atoms with E-state index in [1.54, 1.807) is 0 Å². The lowest BCUT2D eigenvalue weighted by molar-refractivity contribution is -0.147. The van der Waals surface area contributed by atoms with Crippen LogP contribution < -0.4 is 5.32 Å². The molecular formula is C15H25Cl2IN2O3. The molecule has 0 saturated carbocycles. The molecular weight excluding hydrogens is 454 g/mol. The molecule has 23 heavy (non-hydrogen) atoms. The van der Waals surface area contributed by atoms with Gasteiger partial charge in [0.25, 0.3) is 0 Å². The van der Waals surface area contributed by atoms with Gasteiger partial charge in [0.2, 0.25) is 0 Å². The van der Waals surface area contributed by atoms with E-state index in [2.05, 4.69) is 44.9 Å². The van der Waals surface area contributed by atoms with Crippen molar-refractivity contribution in [3.63, 3.8) is 0 Å². The van der Waals surface area contributed by atoms with Gasteiger partial charge in [0.1, 0.15) is 5.54 Å². The molecule has 0 amide bonds. The molecule has 134 valence electrons. The number of carboxylic acids is 1. The molecule has 1 aliphatic rings. The van der Waals surface area contributed by atoms with Crippen molar-refractivity contribution in [1.29, 1.82) is 0 Å². The Hall–Kier alpha value is -0.120. The van der Waals surface area contributed by atoms with Gasteiger partial charge in [0.15, 0.2) is 0 Å². The van der Waals surface area contributed by atoms with Gasteiger partial charge in [-0.2, -0.15) is 0 Å². The van der Waals surface area contributed by atoms with Gasteiger partial charge in [-0.15, -0.1) is 24.8 Å². The quantitative estimate of drug-likeness (QED) is 0.387. The number of nitrogens with zero attached hydrogens (tertiary/aromatic N) is 1.